The first-order chi connectivity index (χ1) is 43.3. The van der Waals surface area contributed by atoms with Crippen LogP contribution in [-0.2, 0) is 68.9 Å². The largest absolute Gasteiger partial charge is 0.481 e. The number of amides is 8. The van der Waals surface area contributed by atoms with Gasteiger partial charge in [0.2, 0.25) is 47.3 Å². The van der Waals surface area contributed by atoms with E-state index in [0.717, 1.165) is 0 Å². The third-order valence-electron chi connectivity index (χ3n) is 12.5. The van der Waals surface area contributed by atoms with Crippen LogP contribution in [0, 0.1) is 10.8 Å². The number of benzene rings is 1. The van der Waals surface area contributed by atoms with Crippen molar-refractivity contribution in [1.29, 1.82) is 10.8 Å². The molecule has 0 aliphatic heterocycles. The second-order valence-corrected chi connectivity index (χ2v) is 20.0. The molecule has 3 rings (SSSR count). The Morgan fingerprint density at radius 1 is 0.533 bits per heavy atom. The molecule has 0 radical (unpaired) electrons. The number of aromatic nitrogens is 4. The molecule has 0 spiro atoms. The van der Waals surface area contributed by atoms with Gasteiger partial charge in [0.1, 0.15) is 48.3 Å². The quantitative estimate of drug-likeness (QED) is 0.0109. The van der Waals surface area contributed by atoms with Gasteiger partial charge in [0.05, 0.1) is 44.1 Å². The topological polar surface area (TPSA) is 690 Å². The number of nitrogens with two attached hydrogens (primary N) is 3. The highest BCUT2D eigenvalue weighted by molar-refractivity contribution is 7.80. The Morgan fingerprint density at radius 2 is 0.935 bits per heavy atom. The van der Waals surface area contributed by atoms with Crippen LogP contribution in [0.3, 0.4) is 0 Å². The van der Waals surface area contributed by atoms with Crippen LogP contribution in [0.1, 0.15) is 80.3 Å². The van der Waals surface area contributed by atoms with Crippen molar-refractivity contribution in [2.24, 2.45) is 11.5 Å². The molecule has 0 saturated carbocycles. The van der Waals surface area contributed by atoms with Crippen molar-refractivity contribution in [1.82, 2.24) is 73.1 Å². The number of carbonyl (C=O) groups excluding carboxylic acids is 8. The average Bonchev–Trinajstić information content (AvgIpc) is 1.19. The first-order valence-electron chi connectivity index (χ1n) is 27.1. The molecule has 2 heterocycles. The van der Waals surface area contributed by atoms with E-state index in [4.69, 9.17) is 28.0 Å². The number of thiol groups is 1. The maximum Gasteiger partial charge on any atom is 0.327 e. The van der Waals surface area contributed by atoms with E-state index in [1.807, 2.05) is 21.3 Å². The number of hydrogen-bond donors (Lipinski definition) is 24. The Morgan fingerprint density at radius 3 is 1.34 bits per heavy atom. The summed E-state index contributed by atoms with van der Waals surface area (Å²) in [5.74, 6) is -22.4. The Balaban J connectivity index is 1.80. The fourth-order valence-electron chi connectivity index (χ4n) is 7.98. The summed E-state index contributed by atoms with van der Waals surface area (Å²) in [6.07, 6.45) is -6.28. The zero-order chi connectivity index (χ0) is 68.9. The molecule has 500 valence electrons. The SMILES string of the molecule is N=C(N)NCCC[C@@H](NC(=O)[C@@H](CC(=O)O)NC(=O)CC[C@@H](NC(=O)c1ccc(NCc2cnc3nc(N)[nH]c(=O)c3n2)cc1)C(=O)O)C(=O)N[C@H](CC(=O)O)C(=O)N[C@H](CC(=O)O)C(=O)N[C@H](CCCNC(=N)N)C(=O)N[C@H](CC(=O)O)C(=O)N[C@H](CS)C(=O)O. The number of aromatic amines is 1. The van der Waals surface area contributed by atoms with Crippen molar-refractivity contribution in [2.75, 3.05) is 29.9 Å². The number of aliphatic carboxylic acids is 6. The zero-order valence-electron chi connectivity index (χ0n) is 48.2. The lowest BCUT2D eigenvalue weighted by Gasteiger charge is -2.27. The second kappa shape index (κ2) is 36.7. The molecule has 42 heteroatoms. The van der Waals surface area contributed by atoms with E-state index in [1.54, 1.807) is 0 Å². The minimum Gasteiger partial charge on any atom is -0.481 e. The number of anilines is 2. The standard InChI is InChI=1S/C50H68N20O21S/c51-48(52)56-11-1-3-23(62-41(83)26(13-32(72)73)61-31(71)10-9-25(46(88)89)64-38(80)20-5-7-21(8-6-20)58-17-22-18-59-37-36(60-22)45(87)70-50(55)69-37)39(81)65-28(15-34(76)77)43(85)67-27(14-33(74)75)42(84)63-24(4-2-12-57-49(53)54)40(82)66-29(16-35(78)79)44(86)68-30(19-92)47(90)91/h5-8,18,23-30,58,92H,1-4,9-17,19H2,(H,61,71)(H,62,83)(H,63,84)(H,64,80)(H,65,81)(H,66,82)(H,67,85)(H,68,86)(H,72,73)(H,74,75)(H,76,77)(H,78,79)(H,88,89)(H,90,91)(H4,51,52,56)(H4,53,54,57)(H3,55,59,69,70,87)/t23-,24-,25-,26-,27-,28-,29-,30-/m1/s1. The Labute approximate surface area is 523 Å². The van der Waals surface area contributed by atoms with E-state index in [2.05, 4.69) is 69.8 Å². The molecule has 0 saturated heterocycles. The number of nitrogen functional groups attached to an aromatic ring is 1. The number of carboxylic acid groups (broad SMARTS) is 6. The van der Waals surface area contributed by atoms with E-state index in [9.17, 15) is 103 Å². The summed E-state index contributed by atoms with van der Waals surface area (Å²) in [4.78, 5) is 207. The molecule has 0 aliphatic rings. The Kier molecular flexibility index (Phi) is 29.8. The van der Waals surface area contributed by atoms with Crippen LogP contribution in [0.15, 0.2) is 35.3 Å². The Bertz CT molecular complexity index is 3340. The number of guanidine groups is 2. The number of carbonyl (C=O) groups is 14. The molecule has 0 bridgehead atoms. The first-order valence-corrected chi connectivity index (χ1v) is 27.8. The summed E-state index contributed by atoms with van der Waals surface area (Å²) in [5.41, 5.74) is 16.3. The summed E-state index contributed by atoms with van der Waals surface area (Å²) in [7, 11) is 0. The third kappa shape index (κ3) is 26.5. The molecule has 26 N–H and O–H groups in total. The fourth-order valence-corrected chi connectivity index (χ4v) is 8.23. The van der Waals surface area contributed by atoms with Gasteiger partial charge in [-0.3, -0.25) is 78.1 Å². The average molecular weight is 1320 g/mol. The van der Waals surface area contributed by atoms with Crippen molar-refractivity contribution in [3.8, 4) is 0 Å². The number of fused-ring (bicyclic) bond motifs is 1. The molecule has 92 heavy (non-hydrogen) atoms. The van der Waals surface area contributed by atoms with Gasteiger partial charge in [0.25, 0.3) is 11.5 Å². The molecule has 2 aromatic heterocycles. The van der Waals surface area contributed by atoms with Crippen LogP contribution in [0.4, 0.5) is 11.6 Å². The Hall–Kier alpha value is -11.5. The molecular weight excluding hydrogens is 1250 g/mol. The van der Waals surface area contributed by atoms with Gasteiger partial charge in [-0.15, -0.1) is 0 Å². The minimum atomic E-state index is -2.26. The van der Waals surface area contributed by atoms with Crippen LogP contribution < -0.4 is 81.2 Å². The first kappa shape index (κ1) is 74.8. The number of H-pyrrole nitrogens is 1. The molecule has 8 amide bonds. The van der Waals surface area contributed by atoms with Gasteiger partial charge in [-0.1, -0.05) is 0 Å². The number of hydrogen-bond acceptors (Lipinski definition) is 23. The van der Waals surface area contributed by atoms with Crippen LogP contribution in [0.2, 0.25) is 0 Å². The van der Waals surface area contributed by atoms with Crippen molar-refractivity contribution in [2.45, 2.75) is 119 Å². The minimum absolute atomic E-state index is 0.0213. The lowest BCUT2D eigenvalue weighted by atomic mass is 10.1. The normalized spacial score (nSPS) is 13.4. The predicted octanol–water partition coefficient (Wildman–Crippen LogP) is -7.30. The van der Waals surface area contributed by atoms with Crippen molar-refractivity contribution in [3.05, 3.63) is 52.1 Å². The summed E-state index contributed by atoms with van der Waals surface area (Å²) < 4.78 is 0. The molecular formula is C50H68N20O21S. The summed E-state index contributed by atoms with van der Waals surface area (Å²) in [6, 6.07) is -10.2. The van der Waals surface area contributed by atoms with Gasteiger partial charge >= 0.3 is 35.8 Å². The van der Waals surface area contributed by atoms with Gasteiger partial charge in [-0.25, -0.2) is 19.6 Å². The van der Waals surface area contributed by atoms with Gasteiger partial charge in [0.15, 0.2) is 23.1 Å². The monoisotopic (exact) mass is 1320 g/mol. The summed E-state index contributed by atoms with van der Waals surface area (Å²) in [6.45, 7) is -0.273. The highest BCUT2D eigenvalue weighted by atomic mass is 32.1. The highest BCUT2D eigenvalue weighted by Gasteiger charge is 2.36. The van der Waals surface area contributed by atoms with E-state index in [0.29, 0.717) is 11.4 Å². The lowest BCUT2D eigenvalue weighted by molar-refractivity contribution is -0.144. The predicted molar refractivity (Wildman–Crippen MR) is 317 cm³/mol. The second-order valence-electron chi connectivity index (χ2n) is 19.7. The van der Waals surface area contributed by atoms with Gasteiger partial charge < -0.3 is 106 Å². The van der Waals surface area contributed by atoms with Crippen LogP contribution in [0.25, 0.3) is 11.2 Å². The molecule has 0 unspecified atom stereocenters. The van der Waals surface area contributed by atoms with Crippen LogP contribution in [-0.4, -0.2) is 213 Å². The van der Waals surface area contributed by atoms with Crippen LogP contribution in [0.5, 0.6) is 0 Å². The summed E-state index contributed by atoms with van der Waals surface area (Å²) in [5, 5.41) is 97.3. The summed E-state index contributed by atoms with van der Waals surface area (Å²) >= 11 is 3.81. The molecule has 0 fully saturated rings. The van der Waals surface area contributed by atoms with Gasteiger partial charge in [-0.2, -0.15) is 17.6 Å². The maximum absolute atomic E-state index is 14.0. The zero-order valence-corrected chi connectivity index (χ0v) is 49.1. The third-order valence-corrected chi connectivity index (χ3v) is 12.8. The maximum atomic E-state index is 14.0. The molecule has 8 atom stereocenters. The van der Waals surface area contributed by atoms with Crippen molar-refractivity contribution >= 4 is 130 Å². The van der Waals surface area contributed by atoms with E-state index >= 15 is 0 Å². The number of nitrogens with one attached hydrogen (secondary N) is 14. The molecule has 0 aliphatic carbocycles. The molecule has 41 nitrogen and oxygen atoms in total. The number of rotatable bonds is 40. The smallest absolute Gasteiger partial charge is 0.327 e. The molecule has 1 aromatic carbocycles. The highest BCUT2D eigenvalue weighted by Crippen LogP contribution is 2.14. The number of nitrogens with zero attached hydrogens (tertiary/aromatic N) is 3. The van der Waals surface area contributed by atoms with Crippen LogP contribution >= 0.6 is 12.6 Å². The fraction of sp³-hybridized carbons (Fsp3) is 0.440. The van der Waals surface area contributed by atoms with E-state index in [1.165, 1.54) is 30.5 Å². The number of carboxylic acids is 6. The van der Waals surface area contributed by atoms with E-state index in [-0.39, 0.29) is 55.2 Å². The van der Waals surface area contributed by atoms with Gasteiger partial charge in [-0.05, 0) is 56.4 Å². The lowest BCUT2D eigenvalue weighted by Crippen LogP contribution is -2.60. The van der Waals surface area contributed by atoms with E-state index < -0.39 is 206 Å². The van der Waals surface area contributed by atoms with Crippen molar-refractivity contribution < 1.29 is 97.8 Å². The molecule has 3 aromatic rings. The van der Waals surface area contributed by atoms with Gasteiger partial charge in [0, 0.05) is 36.5 Å². The van der Waals surface area contributed by atoms with Crippen molar-refractivity contribution in [3.63, 3.8) is 0 Å².